The van der Waals surface area contributed by atoms with Crippen LogP contribution in [0.15, 0.2) is 47.4 Å². The molecule has 2 aliphatic heterocycles. The molecule has 0 bridgehead atoms. The Morgan fingerprint density at radius 3 is 2.44 bits per heavy atom. The van der Waals surface area contributed by atoms with Crippen LogP contribution in [0.3, 0.4) is 0 Å². The minimum Gasteiger partial charge on any atom is -0.452 e. The Balaban J connectivity index is 1.50. The van der Waals surface area contributed by atoms with Gasteiger partial charge in [0.05, 0.1) is 16.3 Å². The molecule has 0 N–H and O–H groups in total. The first-order valence-electron chi connectivity index (χ1n) is 10.7. The van der Waals surface area contributed by atoms with Crippen molar-refractivity contribution in [2.45, 2.75) is 37.0 Å². The van der Waals surface area contributed by atoms with Crippen molar-refractivity contribution in [2.24, 2.45) is 0 Å². The molecule has 0 aromatic heterocycles. The van der Waals surface area contributed by atoms with E-state index in [4.69, 9.17) is 16.3 Å². The van der Waals surface area contributed by atoms with E-state index in [1.807, 2.05) is 12.1 Å². The van der Waals surface area contributed by atoms with Crippen LogP contribution in [-0.2, 0) is 26.0 Å². The number of anilines is 1. The highest BCUT2D eigenvalue weighted by Crippen LogP contribution is 2.35. The topological polar surface area (TPSA) is 84.0 Å². The number of likely N-dealkylation sites (tertiary alicyclic amines) is 1. The molecule has 4 rings (SSSR count). The number of hydrogen-bond donors (Lipinski definition) is 0. The van der Waals surface area contributed by atoms with E-state index in [2.05, 4.69) is 0 Å². The molecule has 0 spiro atoms. The van der Waals surface area contributed by atoms with Crippen molar-refractivity contribution in [1.82, 2.24) is 4.90 Å². The standard InChI is InChI=1S/C23H25ClN2O5S/c24-19-10-9-18(23(28)31-16-22(27)25-12-5-1-2-6-13-25)15-21(19)32(29,30)26-14-11-17-7-3-4-8-20(17)26/h3-4,7-10,15H,1-2,5-6,11-14,16H2. The van der Waals surface area contributed by atoms with Gasteiger partial charge in [0.1, 0.15) is 4.90 Å². The van der Waals surface area contributed by atoms with Gasteiger partial charge in [0.15, 0.2) is 6.61 Å². The number of sulfonamides is 1. The smallest absolute Gasteiger partial charge is 0.338 e. The second-order valence-electron chi connectivity index (χ2n) is 7.97. The second kappa shape index (κ2) is 9.50. The Morgan fingerprint density at radius 2 is 1.69 bits per heavy atom. The van der Waals surface area contributed by atoms with Crippen LogP contribution in [0.4, 0.5) is 5.69 Å². The molecule has 0 aliphatic carbocycles. The summed E-state index contributed by atoms with van der Waals surface area (Å²) in [5.41, 5.74) is 1.58. The summed E-state index contributed by atoms with van der Waals surface area (Å²) < 4.78 is 33.2. The number of halogens is 1. The fourth-order valence-electron chi connectivity index (χ4n) is 4.13. The molecule has 2 heterocycles. The molecule has 170 valence electrons. The molecule has 0 unspecified atom stereocenters. The van der Waals surface area contributed by atoms with E-state index in [0.717, 1.165) is 31.2 Å². The Kier molecular flexibility index (Phi) is 6.71. The number of ether oxygens (including phenoxy) is 1. The van der Waals surface area contributed by atoms with Crippen LogP contribution in [0.2, 0.25) is 5.02 Å². The minimum atomic E-state index is -3.97. The Morgan fingerprint density at radius 1 is 0.969 bits per heavy atom. The average molecular weight is 477 g/mol. The molecule has 7 nitrogen and oxygen atoms in total. The predicted molar refractivity (Wildman–Crippen MR) is 121 cm³/mol. The molecule has 9 heteroatoms. The zero-order valence-electron chi connectivity index (χ0n) is 17.6. The van der Waals surface area contributed by atoms with E-state index >= 15 is 0 Å². The van der Waals surface area contributed by atoms with Gasteiger partial charge < -0.3 is 9.64 Å². The van der Waals surface area contributed by atoms with E-state index in [9.17, 15) is 18.0 Å². The Bertz CT molecular complexity index is 1130. The number of fused-ring (bicyclic) bond motifs is 1. The molecular formula is C23H25ClN2O5S. The molecule has 1 saturated heterocycles. The summed E-state index contributed by atoms with van der Waals surface area (Å²) in [5.74, 6) is -1.00. The highest BCUT2D eigenvalue weighted by molar-refractivity contribution is 7.93. The van der Waals surface area contributed by atoms with Crippen molar-refractivity contribution in [3.8, 4) is 0 Å². The van der Waals surface area contributed by atoms with Crippen molar-refractivity contribution >= 4 is 39.2 Å². The normalized spacial score (nSPS) is 16.4. The lowest BCUT2D eigenvalue weighted by Crippen LogP contribution is -2.35. The monoisotopic (exact) mass is 476 g/mol. The summed E-state index contributed by atoms with van der Waals surface area (Å²) in [4.78, 5) is 26.5. The van der Waals surface area contributed by atoms with Crippen LogP contribution in [0, 0.1) is 0 Å². The summed E-state index contributed by atoms with van der Waals surface area (Å²) in [6.45, 7) is 1.26. The summed E-state index contributed by atoms with van der Waals surface area (Å²) in [6.07, 6.45) is 4.67. The van der Waals surface area contributed by atoms with Crippen LogP contribution < -0.4 is 4.31 Å². The number of para-hydroxylation sites is 1. The van der Waals surface area contributed by atoms with Crippen molar-refractivity contribution in [3.63, 3.8) is 0 Å². The lowest BCUT2D eigenvalue weighted by molar-refractivity contribution is -0.134. The maximum atomic E-state index is 13.3. The lowest BCUT2D eigenvalue weighted by atomic mass is 10.2. The number of benzene rings is 2. The third-order valence-corrected chi connectivity index (χ3v) is 8.16. The molecule has 1 fully saturated rings. The third-order valence-electron chi connectivity index (χ3n) is 5.86. The van der Waals surface area contributed by atoms with Gasteiger partial charge in [0.25, 0.3) is 15.9 Å². The molecular weight excluding hydrogens is 452 g/mol. The predicted octanol–water partition coefficient (Wildman–Crippen LogP) is 3.65. The van der Waals surface area contributed by atoms with E-state index in [1.165, 1.54) is 22.5 Å². The summed E-state index contributed by atoms with van der Waals surface area (Å²) in [7, 11) is -3.97. The molecule has 2 aromatic carbocycles. The SMILES string of the molecule is O=C(OCC(=O)N1CCCCCC1)c1ccc(Cl)c(S(=O)(=O)N2CCc3ccccc32)c1. The molecule has 0 radical (unpaired) electrons. The Labute approximate surface area is 193 Å². The highest BCUT2D eigenvalue weighted by atomic mass is 35.5. The van der Waals surface area contributed by atoms with Crippen molar-refractivity contribution in [1.29, 1.82) is 0 Å². The first kappa shape index (κ1) is 22.6. The number of amides is 1. The first-order valence-corrected chi connectivity index (χ1v) is 12.5. The summed E-state index contributed by atoms with van der Waals surface area (Å²) in [5, 5.41) is 0.0200. The number of esters is 1. The molecule has 0 saturated carbocycles. The van der Waals surface area contributed by atoms with E-state index in [1.54, 1.807) is 17.0 Å². The quantitative estimate of drug-likeness (QED) is 0.615. The van der Waals surface area contributed by atoms with Gasteiger partial charge in [-0.15, -0.1) is 0 Å². The zero-order valence-corrected chi connectivity index (χ0v) is 19.2. The van der Waals surface area contributed by atoms with Crippen LogP contribution >= 0.6 is 11.6 Å². The summed E-state index contributed by atoms with van der Waals surface area (Å²) in [6, 6.07) is 11.3. The highest BCUT2D eigenvalue weighted by Gasteiger charge is 2.32. The van der Waals surface area contributed by atoms with Crippen molar-refractivity contribution in [3.05, 3.63) is 58.6 Å². The van der Waals surface area contributed by atoms with Crippen molar-refractivity contribution in [2.75, 3.05) is 30.5 Å². The van der Waals surface area contributed by atoms with Gasteiger partial charge in [-0.05, 0) is 49.1 Å². The number of carbonyl (C=O) groups is 2. The molecule has 2 aromatic rings. The van der Waals surface area contributed by atoms with Gasteiger partial charge in [0.2, 0.25) is 0 Å². The largest absolute Gasteiger partial charge is 0.452 e. The molecule has 32 heavy (non-hydrogen) atoms. The average Bonchev–Trinajstić information content (AvgIpc) is 3.04. The fraction of sp³-hybridized carbons (Fsp3) is 0.391. The first-order chi connectivity index (χ1) is 15.4. The molecule has 2 aliphatic rings. The number of hydrogen-bond acceptors (Lipinski definition) is 5. The van der Waals surface area contributed by atoms with E-state index in [-0.39, 0.29) is 28.0 Å². The van der Waals surface area contributed by atoms with Gasteiger partial charge in [-0.1, -0.05) is 42.6 Å². The second-order valence-corrected chi connectivity index (χ2v) is 10.2. The molecule has 1 amide bonds. The van der Waals surface area contributed by atoms with Gasteiger partial charge in [-0.3, -0.25) is 9.10 Å². The Hall–Kier alpha value is -2.58. The van der Waals surface area contributed by atoms with E-state index < -0.39 is 16.0 Å². The van der Waals surface area contributed by atoms with Gasteiger partial charge in [0, 0.05) is 19.6 Å². The minimum absolute atomic E-state index is 0.0200. The fourth-order valence-corrected chi connectivity index (χ4v) is 6.13. The van der Waals surface area contributed by atoms with E-state index in [0.29, 0.717) is 31.7 Å². The van der Waals surface area contributed by atoms with Crippen LogP contribution in [0.25, 0.3) is 0 Å². The zero-order chi connectivity index (χ0) is 22.7. The van der Waals surface area contributed by atoms with Crippen LogP contribution in [-0.4, -0.2) is 51.4 Å². The summed E-state index contributed by atoms with van der Waals surface area (Å²) >= 11 is 6.22. The van der Waals surface area contributed by atoms with Crippen molar-refractivity contribution < 1.29 is 22.7 Å². The van der Waals surface area contributed by atoms with Crippen LogP contribution in [0.5, 0.6) is 0 Å². The van der Waals surface area contributed by atoms with Gasteiger partial charge >= 0.3 is 5.97 Å². The third kappa shape index (κ3) is 4.61. The maximum absolute atomic E-state index is 13.3. The lowest BCUT2D eigenvalue weighted by Gasteiger charge is -2.21. The number of rotatable bonds is 5. The molecule has 0 atom stereocenters. The number of nitrogens with zero attached hydrogens (tertiary/aromatic N) is 2. The maximum Gasteiger partial charge on any atom is 0.338 e. The number of carbonyl (C=O) groups excluding carboxylic acids is 2. The van der Waals surface area contributed by atoms with Gasteiger partial charge in [-0.25, -0.2) is 13.2 Å². The van der Waals surface area contributed by atoms with Gasteiger partial charge in [-0.2, -0.15) is 0 Å². The van der Waals surface area contributed by atoms with Crippen LogP contribution in [0.1, 0.15) is 41.6 Å².